The van der Waals surface area contributed by atoms with E-state index in [0.717, 1.165) is 10.6 Å². The Bertz CT molecular complexity index is 632. The van der Waals surface area contributed by atoms with Crippen molar-refractivity contribution in [1.82, 2.24) is 25.1 Å². The van der Waals surface area contributed by atoms with Crippen LogP contribution in [0.25, 0.3) is 10.8 Å². The van der Waals surface area contributed by atoms with Crippen LogP contribution in [-0.4, -0.2) is 25.1 Å². The summed E-state index contributed by atoms with van der Waals surface area (Å²) in [4.78, 5) is 5.28. The van der Waals surface area contributed by atoms with Crippen LogP contribution in [0.4, 0.5) is 0 Å². The third kappa shape index (κ3) is 2.34. The van der Waals surface area contributed by atoms with Crippen molar-refractivity contribution in [2.45, 2.75) is 11.9 Å². The van der Waals surface area contributed by atoms with E-state index in [4.69, 9.17) is 4.52 Å². The van der Waals surface area contributed by atoms with Gasteiger partial charge in [-0.2, -0.15) is 4.98 Å². The van der Waals surface area contributed by atoms with Crippen LogP contribution in [0.3, 0.4) is 0 Å². The van der Waals surface area contributed by atoms with Crippen molar-refractivity contribution in [3.63, 3.8) is 0 Å². The molecule has 0 aromatic carbocycles. The topological polar surface area (TPSA) is 69.6 Å². The average molecular weight is 326 g/mol. The highest BCUT2D eigenvalue weighted by Gasteiger charge is 2.10. The average Bonchev–Trinajstić information content (AvgIpc) is 3.10. The first-order chi connectivity index (χ1) is 8.85. The second kappa shape index (κ2) is 4.99. The van der Waals surface area contributed by atoms with Gasteiger partial charge in [0.15, 0.2) is 5.82 Å². The van der Waals surface area contributed by atoms with Crippen molar-refractivity contribution in [3.05, 3.63) is 35.2 Å². The zero-order chi connectivity index (χ0) is 12.4. The molecule has 0 unspecified atom stereocenters. The molecule has 18 heavy (non-hydrogen) atoms. The van der Waals surface area contributed by atoms with Gasteiger partial charge in [-0.3, -0.25) is 0 Å². The summed E-state index contributed by atoms with van der Waals surface area (Å²) >= 11 is 4.89. The fraction of sp³-hybridized carbons (Fsp3) is 0.200. The maximum absolute atomic E-state index is 5.19. The van der Waals surface area contributed by atoms with Gasteiger partial charge in [0.25, 0.3) is 5.89 Å². The fourth-order valence-corrected chi connectivity index (χ4v) is 2.34. The molecule has 0 amide bonds. The molecule has 3 heterocycles. The molecular formula is C10H8BrN5OS. The monoisotopic (exact) mass is 325 g/mol. The van der Waals surface area contributed by atoms with Crippen molar-refractivity contribution in [2.24, 2.45) is 0 Å². The quantitative estimate of drug-likeness (QED) is 0.688. The summed E-state index contributed by atoms with van der Waals surface area (Å²) in [6.07, 6.45) is 1.84. The van der Waals surface area contributed by atoms with Gasteiger partial charge in [-0.25, -0.2) is 4.68 Å². The summed E-state index contributed by atoms with van der Waals surface area (Å²) in [5.74, 6) is 1.13. The fourth-order valence-electron chi connectivity index (χ4n) is 1.44. The molecule has 8 heteroatoms. The standard InChI is InChI=1S/C10H8BrN5OS/c11-4-7-5-16(15-13-7)6-9-12-10(17-14-9)8-2-1-3-18-8/h1-3,5H,4,6H2. The molecule has 0 spiro atoms. The van der Waals surface area contributed by atoms with Crippen LogP contribution >= 0.6 is 27.3 Å². The lowest BCUT2D eigenvalue weighted by molar-refractivity contribution is 0.419. The summed E-state index contributed by atoms with van der Waals surface area (Å²) in [5.41, 5.74) is 0.872. The second-order valence-corrected chi connectivity index (χ2v) is 5.04. The van der Waals surface area contributed by atoms with E-state index in [0.29, 0.717) is 23.6 Å². The van der Waals surface area contributed by atoms with Gasteiger partial charge in [-0.05, 0) is 11.4 Å². The van der Waals surface area contributed by atoms with Gasteiger partial charge in [0, 0.05) is 11.5 Å². The van der Waals surface area contributed by atoms with Crippen LogP contribution in [0.15, 0.2) is 28.2 Å². The van der Waals surface area contributed by atoms with Crippen LogP contribution in [0.5, 0.6) is 0 Å². The van der Waals surface area contributed by atoms with Crippen LogP contribution in [0.2, 0.25) is 0 Å². The normalized spacial score (nSPS) is 10.9. The molecule has 3 aromatic rings. The minimum absolute atomic E-state index is 0.453. The van der Waals surface area contributed by atoms with Crippen LogP contribution in [0.1, 0.15) is 11.5 Å². The molecule has 0 N–H and O–H groups in total. The van der Waals surface area contributed by atoms with E-state index in [9.17, 15) is 0 Å². The van der Waals surface area contributed by atoms with Gasteiger partial charge in [-0.15, -0.1) is 16.4 Å². The molecule has 0 radical (unpaired) electrons. The lowest BCUT2D eigenvalue weighted by Crippen LogP contribution is -2.02. The number of halogens is 1. The number of aromatic nitrogens is 5. The number of thiophene rings is 1. The van der Waals surface area contributed by atoms with E-state index < -0.39 is 0 Å². The minimum Gasteiger partial charge on any atom is -0.333 e. The van der Waals surface area contributed by atoms with E-state index in [1.807, 2.05) is 23.7 Å². The highest BCUT2D eigenvalue weighted by molar-refractivity contribution is 9.08. The van der Waals surface area contributed by atoms with Gasteiger partial charge in [0.1, 0.15) is 6.54 Å². The van der Waals surface area contributed by atoms with Gasteiger partial charge >= 0.3 is 0 Å². The zero-order valence-corrected chi connectivity index (χ0v) is 11.6. The first-order valence-corrected chi connectivity index (χ1v) is 7.16. The summed E-state index contributed by atoms with van der Waals surface area (Å²) in [7, 11) is 0. The van der Waals surface area contributed by atoms with E-state index in [-0.39, 0.29) is 0 Å². The van der Waals surface area contributed by atoms with E-state index >= 15 is 0 Å². The van der Waals surface area contributed by atoms with Gasteiger partial charge in [0.05, 0.1) is 10.6 Å². The molecular weight excluding hydrogens is 318 g/mol. The number of alkyl halides is 1. The molecule has 6 nitrogen and oxygen atoms in total. The molecule has 0 aliphatic heterocycles. The third-order valence-electron chi connectivity index (χ3n) is 2.23. The van der Waals surface area contributed by atoms with Crippen molar-refractivity contribution < 1.29 is 4.52 Å². The molecule has 0 saturated heterocycles. The predicted octanol–water partition coefficient (Wildman–Crippen LogP) is 2.33. The van der Waals surface area contributed by atoms with Crippen LogP contribution in [0, 0.1) is 0 Å². The van der Waals surface area contributed by atoms with E-state index in [2.05, 4.69) is 36.4 Å². The van der Waals surface area contributed by atoms with Crippen LogP contribution in [-0.2, 0) is 11.9 Å². The molecule has 3 aromatic heterocycles. The van der Waals surface area contributed by atoms with Crippen molar-refractivity contribution >= 4 is 27.3 Å². The number of rotatable bonds is 4. The highest BCUT2D eigenvalue weighted by Crippen LogP contribution is 2.22. The smallest absolute Gasteiger partial charge is 0.268 e. The van der Waals surface area contributed by atoms with E-state index in [1.54, 1.807) is 16.0 Å². The Morgan fingerprint density at radius 2 is 2.39 bits per heavy atom. The molecule has 0 aliphatic rings. The molecule has 0 aliphatic carbocycles. The Labute approximate surface area is 115 Å². The maximum atomic E-state index is 5.19. The van der Waals surface area contributed by atoms with Crippen LogP contribution < -0.4 is 0 Å². The zero-order valence-electron chi connectivity index (χ0n) is 9.15. The largest absolute Gasteiger partial charge is 0.333 e. The van der Waals surface area contributed by atoms with Gasteiger partial charge in [-0.1, -0.05) is 32.4 Å². The minimum atomic E-state index is 0.453. The third-order valence-corrected chi connectivity index (χ3v) is 3.66. The lowest BCUT2D eigenvalue weighted by atomic mass is 10.5. The van der Waals surface area contributed by atoms with Gasteiger partial charge in [0.2, 0.25) is 0 Å². The Morgan fingerprint density at radius 3 is 3.11 bits per heavy atom. The van der Waals surface area contributed by atoms with Gasteiger partial charge < -0.3 is 4.52 Å². The molecule has 92 valence electrons. The second-order valence-electron chi connectivity index (χ2n) is 3.53. The Balaban J connectivity index is 1.77. The Morgan fingerprint density at radius 1 is 1.44 bits per heavy atom. The summed E-state index contributed by atoms with van der Waals surface area (Å²) in [5, 5.41) is 14.5. The summed E-state index contributed by atoms with van der Waals surface area (Å²) in [6.45, 7) is 0.453. The Hall–Kier alpha value is -1.54. The summed E-state index contributed by atoms with van der Waals surface area (Å²) < 4.78 is 6.87. The lowest BCUT2D eigenvalue weighted by Gasteiger charge is -1.91. The van der Waals surface area contributed by atoms with Crippen molar-refractivity contribution in [3.8, 4) is 10.8 Å². The molecule has 0 saturated carbocycles. The molecule has 0 atom stereocenters. The Kier molecular flexibility index (Phi) is 3.20. The first-order valence-electron chi connectivity index (χ1n) is 5.16. The highest BCUT2D eigenvalue weighted by atomic mass is 79.9. The number of hydrogen-bond donors (Lipinski definition) is 0. The predicted molar refractivity (Wildman–Crippen MR) is 69.4 cm³/mol. The first kappa shape index (κ1) is 11.5. The number of nitrogens with zero attached hydrogens (tertiary/aromatic N) is 5. The molecule has 3 rings (SSSR count). The van der Waals surface area contributed by atoms with Crippen molar-refractivity contribution in [2.75, 3.05) is 0 Å². The maximum Gasteiger partial charge on any atom is 0.268 e. The molecule has 0 bridgehead atoms. The number of hydrogen-bond acceptors (Lipinski definition) is 6. The molecule has 0 fully saturated rings. The SMILES string of the molecule is BrCc1cn(Cc2noc(-c3cccs3)n2)nn1. The summed E-state index contributed by atoms with van der Waals surface area (Å²) in [6, 6.07) is 3.89. The van der Waals surface area contributed by atoms with E-state index in [1.165, 1.54) is 0 Å². The van der Waals surface area contributed by atoms with Crippen molar-refractivity contribution in [1.29, 1.82) is 0 Å².